The molecule has 18 heavy (non-hydrogen) atoms. The summed E-state index contributed by atoms with van der Waals surface area (Å²) in [5, 5.41) is 3.37. The molecule has 94 valence electrons. The molecule has 4 heteroatoms. The number of methoxy groups -OCH3 is 1. The summed E-state index contributed by atoms with van der Waals surface area (Å²) in [5.74, 6) is 0.935. The molecule has 0 aliphatic heterocycles. The first-order valence-corrected chi connectivity index (χ1v) is 5.84. The van der Waals surface area contributed by atoms with Crippen LogP contribution in [0, 0.1) is 13.8 Å². The Morgan fingerprint density at radius 2 is 1.89 bits per heavy atom. The Balaban J connectivity index is 2.15. The van der Waals surface area contributed by atoms with Crippen LogP contribution in [-0.2, 0) is 6.54 Å². The van der Waals surface area contributed by atoms with Crippen molar-refractivity contribution in [2.24, 2.45) is 0 Å². The van der Waals surface area contributed by atoms with Crippen molar-refractivity contribution in [2.45, 2.75) is 20.4 Å². The fourth-order valence-electron chi connectivity index (χ4n) is 1.95. The third-order valence-corrected chi connectivity index (χ3v) is 2.90. The highest BCUT2D eigenvalue weighted by Crippen LogP contribution is 2.29. The van der Waals surface area contributed by atoms with E-state index in [1.807, 2.05) is 6.92 Å². The summed E-state index contributed by atoms with van der Waals surface area (Å²) in [7, 11) is 1.70. The number of aromatic nitrogens is 2. The van der Waals surface area contributed by atoms with Crippen molar-refractivity contribution >= 4 is 5.69 Å². The molecule has 4 nitrogen and oxygen atoms in total. The van der Waals surface area contributed by atoms with E-state index in [1.54, 1.807) is 19.5 Å². The van der Waals surface area contributed by atoms with E-state index in [4.69, 9.17) is 4.74 Å². The molecule has 0 aliphatic rings. The number of hydrogen-bond donors (Lipinski definition) is 1. The lowest BCUT2D eigenvalue weighted by molar-refractivity contribution is 0.409. The van der Waals surface area contributed by atoms with E-state index < -0.39 is 0 Å². The Labute approximate surface area is 107 Å². The number of hydrogen-bond acceptors (Lipinski definition) is 4. The third kappa shape index (κ3) is 2.59. The van der Waals surface area contributed by atoms with Crippen molar-refractivity contribution < 1.29 is 4.74 Å². The van der Waals surface area contributed by atoms with Gasteiger partial charge in [-0.2, -0.15) is 0 Å². The van der Waals surface area contributed by atoms with Gasteiger partial charge < -0.3 is 10.1 Å². The van der Waals surface area contributed by atoms with E-state index >= 15 is 0 Å². The molecule has 0 spiro atoms. The molecule has 0 radical (unpaired) electrons. The minimum atomic E-state index is 0.702. The second-order valence-corrected chi connectivity index (χ2v) is 4.19. The lowest BCUT2D eigenvalue weighted by atomic mass is 10.1. The molecule has 0 atom stereocenters. The number of benzene rings is 1. The predicted octanol–water partition coefficient (Wildman–Crippen LogP) is 2.71. The van der Waals surface area contributed by atoms with Gasteiger partial charge >= 0.3 is 0 Å². The Bertz CT molecular complexity index is 526. The number of rotatable bonds is 4. The molecule has 0 amide bonds. The highest BCUT2D eigenvalue weighted by atomic mass is 16.5. The molecule has 0 fully saturated rings. The van der Waals surface area contributed by atoms with E-state index in [2.05, 4.69) is 34.3 Å². The zero-order valence-electron chi connectivity index (χ0n) is 10.9. The van der Waals surface area contributed by atoms with E-state index in [0.717, 1.165) is 28.1 Å². The molecule has 2 aromatic rings. The van der Waals surface area contributed by atoms with Crippen LogP contribution in [0.25, 0.3) is 0 Å². The van der Waals surface area contributed by atoms with Gasteiger partial charge in [-0.05, 0) is 25.5 Å². The largest absolute Gasteiger partial charge is 0.496 e. The van der Waals surface area contributed by atoms with Crippen molar-refractivity contribution in [3.63, 3.8) is 0 Å². The summed E-state index contributed by atoms with van der Waals surface area (Å²) >= 11 is 0. The fraction of sp³-hybridized carbons (Fsp3) is 0.286. The molecule has 1 N–H and O–H groups in total. The van der Waals surface area contributed by atoms with Crippen molar-refractivity contribution in [1.82, 2.24) is 9.97 Å². The molecule has 2 rings (SSSR count). The average Bonchev–Trinajstić information content (AvgIpc) is 2.40. The molecule has 0 saturated heterocycles. The second kappa shape index (κ2) is 5.49. The summed E-state index contributed by atoms with van der Waals surface area (Å²) in [5.41, 5.74) is 4.38. The zero-order valence-corrected chi connectivity index (χ0v) is 10.9. The van der Waals surface area contributed by atoms with Gasteiger partial charge in [0.05, 0.1) is 7.11 Å². The molecular weight excluding hydrogens is 226 g/mol. The Morgan fingerprint density at radius 1 is 1.17 bits per heavy atom. The number of anilines is 1. The van der Waals surface area contributed by atoms with Crippen LogP contribution in [0.3, 0.4) is 0 Å². The lowest BCUT2D eigenvalue weighted by Gasteiger charge is -2.14. The summed E-state index contributed by atoms with van der Waals surface area (Å²) in [4.78, 5) is 7.98. The minimum Gasteiger partial charge on any atom is -0.496 e. The maximum Gasteiger partial charge on any atom is 0.126 e. The summed E-state index contributed by atoms with van der Waals surface area (Å²) in [6.45, 7) is 4.80. The van der Waals surface area contributed by atoms with Gasteiger partial charge in [0.2, 0.25) is 0 Å². The monoisotopic (exact) mass is 243 g/mol. The lowest BCUT2D eigenvalue weighted by Crippen LogP contribution is -2.03. The Morgan fingerprint density at radius 3 is 2.56 bits per heavy atom. The molecule has 1 aromatic heterocycles. The first-order valence-electron chi connectivity index (χ1n) is 5.84. The van der Waals surface area contributed by atoms with E-state index in [9.17, 15) is 0 Å². The van der Waals surface area contributed by atoms with E-state index in [1.165, 1.54) is 6.33 Å². The average molecular weight is 243 g/mol. The van der Waals surface area contributed by atoms with Gasteiger partial charge in [-0.1, -0.05) is 6.07 Å². The van der Waals surface area contributed by atoms with Gasteiger partial charge in [0, 0.05) is 35.8 Å². The molecule has 0 aliphatic carbocycles. The van der Waals surface area contributed by atoms with Gasteiger partial charge in [0.25, 0.3) is 0 Å². The second-order valence-electron chi connectivity index (χ2n) is 4.19. The van der Waals surface area contributed by atoms with Crippen LogP contribution in [0.2, 0.25) is 0 Å². The number of ether oxygens (including phenoxy) is 1. The van der Waals surface area contributed by atoms with Crippen LogP contribution in [0.1, 0.15) is 16.7 Å². The summed E-state index contributed by atoms with van der Waals surface area (Å²) in [6, 6.07) is 4.12. The molecular formula is C14H17N3O. The molecule has 0 bridgehead atoms. The van der Waals surface area contributed by atoms with Crippen LogP contribution in [-0.4, -0.2) is 17.1 Å². The van der Waals surface area contributed by atoms with Crippen molar-refractivity contribution in [1.29, 1.82) is 0 Å². The quantitative estimate of drug-likeness (QED) is 0.897. The van der Waals surface area contributed by atoms with Crippen LogP contribution in [0.4, 0.5) is 5.69 Å². The number of nitrogens with zero attached hydrogens (tertiary/aromatic N) is 2. The van der Waals surface area contributed by atoms with Gasteiger partial charge in [0.1, 0.15) is 12.1 Å². The van der Waals surface area contributed by atoms with Crippen LogP contribution >= 0.6 is 0 Å². The van der Waals surface area contributed by atoms with Crippen LogP contribution in [0.15, 0.2) is 30.9 Å². The first kappa shape index (κ1) is 12.4. The van der Waals surface area contributed by atoms with Crippen molar-refractivity contribution in [3.05, 3.63) is 47.5 Å². The summed E-state index contributed by atoms with van der Waals surface area (Å²) in [6.07, 6.45) is 5.14. The van der Waals surface area contributed by atoms with Crippen molar-refractivity contribution in [3.8, 4) is 5.75 Å². The normalized spacial score (nSPS) is 10.2. The maximum atomic E-state index is 5.40. The van der Waals surface area contributed by atoms with Gasteiger partial charge in [-0.3, -0.25) is 0 Å². The molecule has 1 aromatic carbocycles. The minimum absolute atomic E-state index is 0.702. The van der Waals surface area contributed by atoms with E-state index in [0.29, 0.717) is 6.54 Å². The topological polar surface area (TPSA) is 47.0 Å². The van der Waals surface area contributed by atoms with E-state index in [-0.39, 0.29) is 0 Å². The van der Waals surface area contributed by atoms with Crippen LogP contribution < -0.4 is 10.1 Å². The smallest absolute Gasteiger partial charge is 0.126 e. The zero-order chi connectivity index (χ0) is 13.0. The Hall–Kier alpha value is -2.10. The van der Waals surface area contributed by atoms with Gasteiger partial charge in [-0.15, -0.1) is 0 Å². The van der Waals surface area contributed by atoms with Gasteiger partial charge in [-0.25, -0.2) is 9.97 Å². The standard InChI is InChI=1S/C14H17N3O/c1-10-4-5-13(11(2)14(10)18-3)17-8-12-6-15-9-16-7-12/h4-7,9,17H,8H2,1-3H3. The SMILES string of the molecule is COc1c(C)ccc(NCc2cncnc2)c1C. The van der Waals surface area contributed by atoms with Crippen molar-refractivity contribution in [2.75, 3.05) is 12.4 Å². The molecule has 1 heterocycles. The molecule has 0 saturated carbocycles. The molecule has 0 unspecified atom stereocenters. The van der Waals surface area contributed by atoms with Crippen LogP contribution in [0.5, 0.6) is 5.75 Å². The Kier molecular flexibility index (Phi) is 3.77. The highest BCUT2D eigenvalue weighted by Gasteiger charge is 2.07. The number of nitrogens with one attached hydrogen (secondary N) is 1. The predicted molar refractivity (Wildman–Crippen MR) is 71.8 cm³/mol. The first-order chi connectivity index (χ1) is 8.72. The van der Waals surface area contributed by atoms with Gasteiger partial charge in [0.15, 0.2) is 0 Å². The number of aryl methyl sites for hydroxylation is 1. The highest BCUT2D eigenvalue weighted by molar-refractivity contribution is 5.59. The maximum absolute atomic E-state index is 5.40. The fourth-order valence-corrected chi connectivity index (χ4v) is 1.95. The third-order valence-electron chi connectivity index (χ3n) is 2.90. The summed E-state index contributed by atoms with van der Waals surface area (Å²) < 4.78 is 5.40.